The van der Waals surface area contributed by atoms with Crippen LogP contribution in [0.25, 0.3) is 0 Å². The van der Waals surface area contributed by atoms with Crippen LogP contribution in [0.5, 0.6) is 0 Å². The number of anilines is 1. The summed E-state index contributed by atoms with van der Waals surface area (Å²) in [6.45, 7) is 1.95. The Balaban J connectivity index is 2.64. The molecule has 1 rings (SSSR count). The second-order valence-corrected chi connectivity index (χ2v) is 3.70. The fourth-order valence-corrected chi connectivity index (χ4v) is 1.42. The van der Waals surface area contributed by atoms with Crippen LogP contribution in [-0.4, -0.2) is 17.6 Å². The molecule has 16 heavy (non-hydrogen) atoms. The van der Waals surface area contributed by atoms with Crippen LogP contribution in [0.15, 0.2) is 24.3 Å². The summed E-state index contributed by atoms with van der Waals surface area (Å²) in [5.74, 6) is -0.159. The first kappa shape index (κ1) is 12.7. The molecule has 0 saturated carbocycles. The van der Waals surface area contributed by atoms with Crippen LogP contribution in [0.1, 0.15) is 30.1 Å². The molecule has 0 heterocycles. The summed E-state index contributed by atoms with van der Waals surface area (Å²) in [6.07, 6.45) is 1.32. The van der Waals surface area contributed by atoms with Gasteiger partial charge in [0.25, 0.3) is 0 Å². The third kappa shape index (κ3) is 3.66. The number of nitrogens with one attached hydrogen (secondary N) is 1. The maximum atomic E-state index is 11.3. The van der Waals surface area contributed by atoms with Crippen molar-refractivity contribution in [2.24, 2.45) is 0 Å². The molecular weight excluding hydrogens is 226 g/mol. The Kier molecular flexibility index (Phi) is 4.99. The highest BCUT2D eigenvalue weighted by atomic mass is 35.5. The van der Waals surface area contributed by atoms with E-state index in [0.717, 1.165) is 6.42 Å². The zero-order chi connectivity index (χ0) is 12.0. The molecule has 1 aromatic carbocycles. The summed E-state index contributed by atoms with van der Waals surface area (Å²) in [5, 5.41) is 2.74. The number of alkyl halides is 1. The fraction of sp³-hybridized carbons (Fsp3) is 0.333. The Morgan fingerprint density at radius 1 is 1.25 bits per heavy atom. The topological polar surface area (TPSA) is 46.2 Å². The molecule has 1 aromatic rings. The lowest BCUT2D eigenvalue weighted by atomic mass is 10.1. The summed E-state index contributed by atoms with van der Waals surface area (Å²) >= 11 is 5.43. The molecule has 3 nitrogen and oxygen atoms in total. The molecule has 1 amide bonds. The van der Waals surface area contributed by atoms with Gasteiger partial charge >= 0.3 is 0 Å². The minimum atomic E-state index is -0.117. The number of rotatable bonds is 5. The van der Waals surface area contributed by atoms with Crippen LogP contribution >= 0.6 is 11.6 Å². The number of benzene rings is 1. The van der Waals surface area contributed by atoms with Gasteiger partial charge in [0, 0.05) is 17.7 Å². The minimum Gasteiger partial charge on any atom is -0.326 e. The van der Waals surface area contributed by atoms with Crippen molar-refractivity contribution in [3.05, 3.63) is 29.8 Å². The number of amides is 1. The normalized spacial score (nSPS) is 9.88. The maximum absolute atomic E-state index is 11.3. The predicted molar refractivity (Wildman–Crippen MR) is 65.0 cm³/mol. The number of carbonyl (C=O) groups excluding carboxylic acids is 2. The summed E-state index contributed by atoms with van der Waals surface area (Å²) in [6, 6.07) is 6.72. The SMILES string of the molecule is CCCC(=O)Nc1ccc(C(=O)CCl)cc1. The summed E-state index contributed by atoms with van der Waals surface area (Å²) < 4.78 is 0. The van der Waals surface area contributed by atoms with E-state index < -0.39 is 0 Å². The lowest BCUT2D eigenvalue weighted by Crippen LogP contribution is -2.10. The standard InChI is InChI=1S/C12H14ClNO2/c1-2-3-12(16)14-10-6-4-9(5-7-10)11(15)8-13/h4-7H,2-3,8H2,1H3,(H,14,16). The maximum Gasteiger partial charge on any atom is 0.224 e. The number of Topliss-reactive ketones (excluding diaryl/α,β-unsaturated/α-hetero) is 1. The van der Waals surface area contributed by atoms with Crippen molar-refractivity contribution < 1.29 is 9.59 Å². The van der Waals surface area contributed by atoms with Crippen LogP contribution in [0, 0.1) is 0 Å². The molecule has 86 valence electrons. The summed E-state index contributed by atoms with van der Waals surface area (Å²) in [5.41, 5.74) is 1.26. The number of halogens is 1. The van der Waals surface area contributed by atoms with Crippen molar-refractivity contribution in [2.75, 3.05) is 11.2 Å². The average Bonchev–Trinajstić information content (AvgIpc) is 2.29. The fourth-order valence-electron chi connectivity index (χ4n) is 1.27. The Morgan fingerprint density at radius 3 is 2.38 bits per heavy atom. The van der Waals surface area contributed by atoms with E-state index >= 15 is 0 Å². The van der Waals surface area contributed by atoms with E-state index in [9.17, 15) is 9.59 Å². The molecule has 4 heteroatoms. The highest BCUT2D eigenvalue weighted by Gasteiger charge is 2.04. The van der Waals surface area contributed by atoms with Gasteiger partial charge in [-0.1, -0.05) is 6.92 Å². The highest BCUT2D eigenvalue weighted by molar-refractivity contribution is 6.30. The number of ketones is 1. The first-order chi connectivity index (χ1) is 7.67. The monoisotopic (exact) mass is 239 g/mol. The molecule has 0 bridgehead atoms. The number of hydrogen-bond acceptors (Lipinski definition) is 2. The van der Waals surface area contributed by atoms with Crippen LogP contribution in [0.4, 0.5) is 5.69 Å². The van der Waals surface area contributed by atoms with Crippen LogP contribution < -0.4 is 5.32 Å². The minimum absolute atomic E-state index is 0.0149. The van der Waals surface area contributed by atoms with Crippen LogP contribution in [0.3, 0.4) is 0 Å². The number of carbonyl (C=O) groups is 2. The van der Waals surface area contributed by atoms with Gasteiger partial charge in [-0.25, -0.2) is 0 Å². The zero-order valence-electron chi connectivity index (χ0n) is 9.13. The molecule has 1 N–H and O–H groups in total. The lowest BCUT2D eigenvalue weighted by molar-refractivity contribution is -0.116. The summed E-state index contributed by atoms with van der Waals surface area (Å²) in [4.78, 5) is 22.5. The molecule has 0 aliphatic heterocycles. The first-order valence-electron chi connectivity index (χ1n) is 5.16. The Hall–Kier alpha value is -1.35. The second-order valence-electron chi connectivity index (χ2n) is 3.43. The average molecular weight is 240 g/mol. The van der Waals surface area contributed by atoms with Gasteiger partial charge in [0.2, 0.25) is 5.91 Å². The highest BCUT2D eigenvalue weighted by Crippen LogP contribution is 2.11. The largest absolute Gasteiger partial charge is 0.326 e. The van der Waals surface area contributed by atoms with Gasteiger partial charge in [-0.3, -0.25) is 9.59 Å². The van der Waals surface area contributed by atoms with Crippen molar-refractivity contribution in [3.8, 4) is 0 Å². The van der Waals surface area contributed by atoms with Crippen molar-refractivity contribution in [2.45, 2.75) is 19.8 Å². The van der Waals surface area contributed by atoms with Crippen molar-refractivity contribution in [1.82, 2.24) is 0 Å². The molecule has 0 aliphatic rings. The van der Waals surface area contributed by atoms with E-state index in [-0.39, 0.29) is 17.6 Å². The Bertz CT molecular complexity index is 373. The smallest absolute Gasteiger partial charge is 0.224 e. The van der Waals surface area contributed by atoms with Crippen LogP contribution in [0.2, 0.25) is 0 Å². The molecule has 0 radical (unpaired) electrons. The van der Waals surface area contributed by atoms with E-state index in [0.29, 0.717) is 17.7 Å². The second kappa shape index (κ2) is 6.28. The van der Waals surface area contributed by atoms with Crippen molar-refractivity contribution in [3.63, 3.8) is 0 Å². The van der Waals surface area contributed by atoms with Gasteiger partial charge in [0.1, 0.15) is 0 Å². The lowest BCUT2D eigenvalue weighted by Gasteiger charge is -2.04. The molecule has 0 atom stereocenters. The van der Waals surface area contributed by atoms with Gasteiger partial charge in [0.15, 0.2) is 5.78 Å². The van der Waals surface area contributed by atoms with E-state index in [4.69, 9.17) is 11.6 Å². The number of hydrogen-bond donors (Lipinski definition) is 1. The molecule has 0 saturated heterocycles. The molecule has 0 aromatic heterocycles. The first-order valence-corrected chi connectivity index (χ1v) is 5.70. The van der Waals surface area contributed by atoms with E-state index in [1.165, 1.54) is 0 Å². The molecule has 0 unspecified atom stereocenters. The van der Waals surface area contributed by atoms with Crippen LogP contribution in [-0.2, 0) is 4.79 Å². The molecular formula is C12H14ClNO2. The predicted octanol–water partition coefficient (Wildman–Crippen LogP) is 2.85. The van der Waals surface area contributed by atoms with E-state index in [1.54, 1.807) is 24.3 Å². The van der Waals surface area contributed by atoms with E-state index in [2.05, 4.69) is 5.32 Å². The Morgan fingerprint density at radius 2 is 1.88 bits per heavy atom. The van der Waals surface area contributed by atoms with Crippen molar-refractivity contribution >= 4 is 29.0 Å². The van der Waals surface area contributed by atoms with E-state index in [1.807, 2.05) is 6.92 Å². The zero-order valence-corrected chi connectivity index (χ0v) is 9.88. The quantitative estimate of drug-likeness (QED) is 0.634. The molecule has 0 fully saturated rings. The molecule has 0 aliphatic carbocycles. The van der Waals surface area contributed by atoms with Gasteiger partial charge in [0.05, 0.1) is 5.88 Å². The van der Waals surface area contributed by atoms with Gasteiger partial charge in [-0.15, -0.1) is 11.6 Å². The summed E-state index contributed by atoms with van der Waals surface area (Å²) in [7, 11) is 0. The third-order valence-electron chi connectivity index (χ3n) is 2.09. The molecule has 0 spiro atoms. The van der Waals surface area contributed by atoms with Gasteiger partial charge in [-0.2, -0.15) is 0 Å². The van der Waals surface area contributed by atoms with Gasteiger partial charge in [-0.05, 0) is 30.7 Å². The van der Waals surface area contributed by atoms with Gasteiger partial charge < -0.3 is 5.32 Å². The Labute approximate surface area is 99.8 Å². The van der Waals surface area contributed by atoms with Crippen molar-refractivity contribution in [1.29, 1.82) is 0 Å². The third-order valence-corrected chi connectivity index (χ3v) is 2.33.